The Bertz CT molecular complexity index is 746. The predicted molar refractivity (Wildman–Crippen MR) is 74.9 cm³/mol. The molecule has 96 valence electrons. The number of aryl methyl sites for hydroxylation is 2. The summed E-state index contributed by atoms with van der Waals surface area (Å²) >= 11 is 0. The molecule has 2 aromatic heterocycles. The van der Waals surface area contributed by atoms with Crippen molar-refractivity contribution in [2.24, 2.45) is 0 Å². The monoisotopic (exact) mass is 253 g/mol. The van der Waals surface area contributed by atoms with Crippen LogP contribution in [0.5, 0.6) is 5.75 Å². The summed E-state index contributed by atoms with van der Waals surface area (Å²) < 4.78 is 7.27. The largest absolute Gasteiger partial charge is 0.496 e. The number of hydrogen-bond donors (Lipinski definition) is 0. The lowest BCUT2D eigenvalue weighted by Crippen LogP contribution is -2.03. The molecule has 0 radical (unpaired) electrons. The molecule has 19 heavy (non-hydrogen) atoms. The number of benzene rings is 1. The summed E-state index contributed by atoms with van der Waals surface area (Å²) in [5, 5.41) is 6.58. The van der Waals surface area contributed by atoms with Crippen molar-refractivity contribution in [2.45, 2.75) is 13.8 Å². The Labute approximate surface area is 111 Å². The molecule has 3 aromatic rings. The third kappa shape index (κ3) is 1.85. The lowest BCUT2D eigenvalue weighted by molar-refractivity contribution is 0.420. The van der Waals surface area contributed by atoms with Gasteiger partial charge in [0.25, 0.3) is 0 Å². The average Bonchev–Trinajstić information content (AvgIpc) is 2.76. The number of nitrogens with zero attached hydrogens (tertiary/aromatic N) is 3. The van der Waals surface area contributed by atoms with Crippen molar-refractivity contribution < 1.29 is 4.74 Å². The molecule has 0 saturated heterocycles. The molecule has 4 heteroatoms. The van der Waals surface area contributed by atoms with E-state index < -0.39 is 0 Å². The highest BCUT2D eigenvalue weighted by Gasteiger charge is 2.11. The molecule has 0 bridgehead atoms. The number of hydrogen-bond acceptors (Lipinski definition) is 3. The van der Waals surface area contributed by atoms with Gasteiger partial charge in [0.05, 0.1) is 12.8 Å². The van der Waals surface area contributed by atoms with E-state index >= 15 is 0 Å². The smallest absolute Gasteiger partial charge is 0.161 e. The summed E-state index contributed by atoms with van der Waals surface area (Å²) in [6.45, 7) is 4.01. The van der Waals surface area contributed by atoms with Gasteiger partial charge in [-0.3, -0.25) is 0 Å². The number of pyridine rings is 1. The van der Waals surface area contributed by atoms with Gasteiger partial charge in [0, 0.05) is 22.7 Å². The van der Waals surface area contributed by atoms with Crippen molar-refractivity contribution in [2.75, 3.05) is 7.11 Å². The summed E-state index contributed by atoms with van der Waals surface area (Å²) in [6, 6.07) is 9.96. The van der Waals surface area contributed by atoms with Crippen LogP contribution in [0.3, 0.4) is 0 Å². The van der Waals surface area contributed by atoms with E-state index in [9.17, 15) is 0 Å². The van der Waals surface area contributed by atoms with Crippen LogP contribution < -0.4 is 4.74 Å². The first-order valence-electron chi connectivity index (χ1n) is 6.16. The van der Waals surface area contributed by atoms with Gasteiger partial charge in [-0.25, -0.2) is 9.67 Å². The van der Waals surface area contributed by atoms with Gasteiger partial charge >= 0.3 is 0 Å². The van der Waals surface area contributed by atoms with Gasteiger partial charge in [-0.15, -0.1) is 0 Å². The lowest BCUT2D eigenvalue weighted by Gasteiger charge is -2.10. The molecular formula is C15H15N3O. The van der Waals surface area contributed by atoms with E-state index in [0.717, 1.165) is 33.7 Å². The van der Waals surface area contributed by atoms with E-state index in [4.69, 9.17) is 4.74 Å². The summed E-state index contributed by atoms with van der Waals surface area (Å²) in [4.78, 5) is 4.47. The number of rotatable bonds is 2. The average molecular weight is 253 g/mol. The molecule has 0 amide bonds. The highest BCUT2D eigenvalue weighted by molar-refractivity contribution is 5.93. The SMILES string of the molecule is COc1cccc2c(-n3nc(C)cc3C)nccc12. The van der Waals surface area contributed by atoms with Gasteiger partial charge in [0.2, 0.25) is 0 Å². The topological polar surface area (TPSA) is 39.9 Å². The van der Waals surface area contributed by atoms with Crippen LogP contribution in [-0.4, -0.2) is 21.9 Å². The van der Waals surface area contributed by atoms with E-state index in [0.29, 0.717) is 0 Å². The molecule has 3 rings (SSSR count). The van der Waals surface area contributed by atoms with Crippen molar-refractivity contribution in [3.05, 3.63) is 47.9 Å². The maximum atomic E-state index is 5.40. The highest BCUT2D eigenvalue weighted by atomic mass is 16.5. The normalized spacial score (nSPS) is 10.9. The van der Waals surface area contributed by atoms with Gasteiger partial charge in [-0.1, -0.05) is 12.1 Å². The van der Waals surface area contributed by atoms with E-state index in [1.807, 2.05) is 48.9 Å². The Morgan fingerprint density at radius 2 is 1.95 bits per heavy atom. The van der Waals surface area contributed by atoms with E-state index in [-0.39, 0.29) is 0 Å². The van der Waals surface area contributed by atoms with Crippen molar-refractivity contribution >= 4 is 10.8 Å². The molecule has 0 aliphatic carbocycles. The van der Waals surface area contributed by atoms with Crippen LogP contribution in [0.2, 0.25) is 0 Å². The maximum Gasteiger partial charge on any atom is 0.161 e. The number of ether oxygens (including phenoxy) is 1. The fraction of sp³-hybridized carbons (Fsp3) is 0.200. The molecule has 0 aliphatic heterocycles. The van der Waals surface area contributed by atoms with Crippen LogP contribution in [-0.2, 0) is 0 Å². The van der Waals surface area contributed by atoms with E-state index in [1.54, 1.807) is 13.3 Å². The third-order valence-electron chi connectivity index (χ3n) is 3.18. The lowest BCUT2D eigenvalue weighted by atomic mass is 10.1. The predicted octanol–water partition coefficient (Wildman–Crippen LogP) is 3.05. The zero-order valence-electron chi connectivity index (χ0n) is 11.2. The molecule has 0 N–H and O–H groups in total. The standard InChI is InChI=1S/C15H15N3O/c1-10-9-11(2)18(17-10)15-13-5-4-6-14(19-3)12(13)7-8-16-15/h4-9H,1-3H3. The Morgan fingerprint density at radius 3 is 2.63 bits per heavy atom. The molecule has 0 spiro atoms. The fourth-order valence-electron chi connectivity index (χ4n) is 2.35. The van der Waals surface area contributed by atoms with Crippen molar-refractivity contribution in [3.63, 3.8) is 0 Å². The van der Waals surface area contributed by atoms with Crippen LogP contribution in [0.25, 0.3) is 16.6 Å². The first kappa shape index (κ1) is 11.7. The fourth-order valence-corrected chi connectivity index (χ4v) is 2.35. The molecule has 0 saturated carbocycles. The molecule has 2 heterocycles. The Kier molecular flexibility index (Phi) is 2.71. The van der Waals surface area contributed by atoms with E-state index in [1.165, 1.54) is 0 Å². The minimum Gasteiger partial charge on any atom is -0.496 e. The van der Waals surface area contributed by atoms with Crippen molar-refractivity contribution in [3.8, 4) is 11.6 Å². The zero-order valence-corrected chi connectivity index (χ0v) is 11.2. The van der Waals surface area contributed by atoms with Crippen molar-refractivity contribution in [1.29, 1.82) is 0 Å². The Balaban J connectivity index is 2.33. The summed E-state index contributed by atoms with van der Waals surface area (Å²) in [5.74, 6) is 1.68. The van der Waals surface area contributed by atoms with Crippen LogP contribution in [0.1, 0.15) is 11.4 Å². The van der Waals surface area contributed by atoms with Crippen LogP contribution in [0, 0.1) is 13.8 Å². The first-order valence-corrected chi connectivity index (χ1v) is 6.16. The molecular weight excluding hydrogens is 238 g/mol. The number of methoxy groups -OCH3 is 1. The van der Waals surface area contributed by atoms with Crippen molar-refractivity contribution in [1.82, 2.24) is 14.8 Å². The van der Waals surface area contributed by atoms with Gasteiger partial charge in [-0.2, -0.15) is 5.10 Å². The quantitative estimate of drug-likeness (QED) is 0.704. The Morgan fingerprint density at radius 1 is 1.11 bits per heavy atom. The van der Waals surface area contributed by atoms with Crippen LogP contribution >= 0.6 is 0 Å². The number of fused-ring (bicyclic) bond motifs is 1. The minimum absolute atomic E-state index is 0.835. The second kappa shape index (κ2) is 4.39. The second-order valence-corrected chi connectivity index (χ2v) is 4.53. The summed E-state index contributed by atoms with van der Waals surface area (Å²) in [7, 11) is 1.68. The molecule has 0 fully saturated rings. The van der Waals surface area contributed by atoms with Crippen LogP contribution in [0.15, 0.2) is 36.5 Å². The van der Waals surface area contributed by atoms with E-state index in [2.05, 4.69) is 10.1 Å². The van der Waals surface area contributed by atoms with Crippen LogP contribution in [0.4, 0.5) is 0 Å². The molecule has 0 unspecified atom stereocenters. The second-order valence-electron chi connectivity index (χ2n) is 4.53. The third-order valence-corrected chi connectivity index (χ3v) is 3.18. The number of aromatic nitrogens is 3. The minimum atomic E-state index is 0.835. The molecule has 0 aliphatic rings. The first-order chi connectivity index (χ1) is 9.20. The summed E-state index contributed by atoms with van der Waals surface area (Å²) in [5.41, 5.74) is 2.06. The van der Waals surface area contributed by atoms with Gasteiger partial charge in [0.15, 0.2) is 5.82 Å². The maximum absolute atomic E-state index is 5.40. The molecule has 0 atom stereocenters. The Hall–Kier alpha value is -2.36. The molecule has 4 nitrogen and oxygen atoms in total. The van der Waals surface area contributed by atoms with Gasteiger partial charge in [-0.05, 0) is 32.0 Å². The zero-order chi connectivity index (χ0) is 13.4. The van der Waals surface area contributed by atoms with Gasteiger partial charge < -0.3 is 4.74 Å². The molecule has 1 aromatic carbocycles. The van der Waals surface area contributed by atoms with Gasteiger partial charge in [0.1, 0.15) is 5.75 Å². The highest BCUT2D eigenvalue weighted by Crippen LogP contribution is 2.28. The summed E-state index contributed by atoms with van der Waals surface area (Å²) in [6.07, 6.45) is 1.79.